The maximum Gasteiger partial charge on any atom is 0.296 e. The van der Waals surface area contributed by atoms with Crippen molar-refractivity contribution >= 4 is 35.3 Å². The first-order valence-corrected chi connectivity index (χ1v) is 4.37. The van der Waals surface area contributed by atoms with E-state index in [1.165, 1.54) is 18.2 Å². The summed E-state index contributed by atoms with van der Waals surface area (Å²) in [6.07, 6.45) is 0.123. The quantitative estimate of drug-likeness (QED) is 0.538. The summed E-state index contributed by atoms with van der Waals surface area (Å²) in [5.41, 5.74) is 0.883. The Morgan fingerprint density at radius 1 is 1.31 bits per heavy atom. The lowest BCUT2D eigenvalue weighted by Gasteiger charge is -2.02. The van der Waals surface area contributed by atoms with E-state index in [1.54, 1.807) is 0 Å². The summed E-state index contributed by atoms with van der Waals surface area (Å²) in [7, 11) is 0. The molecule has 2 amide bonds. The van der Waals surface area contributed by atoms with E-state index in [2.05, 4.69) is 10.6 Å². The molecule has 0 bridgehead atoms. The summed E-state index contributed by atoms with van der Waals surface area (Å²) in [6, 6.07) is 4.31. The van der Waals surface area contributed by atoms with Gasteiger partial charge >= 0.3 is 0 Å². The number of rotatable bonds is 2. The predicted molar refractivity (Wildman–Crippen MR) is 54.1 cm³/mol. The van der Waals surface area contributed by atoms with Crippen LogP contribution in [-0.4, -0.2) is 23.9 Å². The van der Waals surface area contributed by atoms with E-state index in [4.69, 9.17) is 0 Å². The molecule has 80 valence electrons. The molecule has 0 unspecified atom stereocenters. The van der Waals surface area contributed by atoms with Crippen LogP contribution in [0.4, 0.5) is 11.4 Å². The lowest BCUT2D eigenvalue weighted by atomic mass is 10.1. The largest absolute Gasteiger partial charge is 0.320 e. The number of amides is 2. The van der Waals surface area contributed by atoms with Crippen molar-refractivity contribution in [2.75, 3.05) is 10.6 Å². The van der Waals surface area contributed by atoms with Gasteiger partial charge in [0.25, 0.3) is 17.6 Å². The van der Waals surface area contributed by atoms with Gasteiger partial charge in [-0.1, -0.05) is 0 Å². The Balaban J connectivity index is 2.34. The van der Waals surface area contributed by atoms with Crippen LogP contribution < -0.4 is 10.6 Å². The van der Waals surface area contributed by atoms with Crippen LogP contribution in [-0.2, 0) is 14.4 Å². The smallest absolute Gasteiger partial charge is 0.296 e. The summed E-state index contributed by atoms with van der Waals surface area (Å²) < 4.78 is 0. The van der Waals surface area contributed by atoms with Crippen LogP contribution in [0.25, 0.3) is 0 Å². The first-order chi connectivity index (χ1) is 7.61. The third-order valence-electron chi connectivity index (χ3n) is 2.09. The van der Waals surface area contributed by atoms with E-state index < -0.39 is 17.6 Å². The minimum Gasteiger partial charge on any atom is -0.320 e. The monoisotopic (exact) mass is 218 g/mol. The molecule has 2 rings (SSSR count). The van der Waals surface area contributed by atoms with Crippen molar-refractivity contribution in [1.82, 2.24) is 0 Å². The molecule has 1 aliphatic rings. The number of aldehydes is 1. The van der Waals surface area contributed by atoms with Crippen LogP contribution >= 0.6 is 0 Å². The fourth-order valence-corrected chi connectivity index (χ4v) is 1.39. The standard InChI is InChI=1S/C10H6N2O4/c13-4-8(14)11-5-1-2-7-6(3-5)9(15)10(16)12-7/h1-4H,(H,11,14)(H,12,15,16). The lowest BCUT2D eigenvalue weighted by molar-refractivity contribution is -0.127. The summed E-state index contributed by atoms with van der Waals surface area (Å²) >= 11 is 0. The number of fused-ring (bicyclic) bond motifs is 1. The Hall–Kier alpha value is -2.50. The maximum absolute atomic E-state index is 11.3. The number of carbonyl (C=O) groups excluding carboxylic acids is 4. The molecule has 0 spiro atoms. The Labute approximate surface area is 89.6 Å². The van der Waals surface area contributed by atoms with E-state index in [9.17, 15) is 19.2 Å². The summed E-state index contributed by atoms with van der Waals surface area (Å²) in [5.74, 6) is -2.17. The van der Waals surface area contributed by atoms with E-state index >= 15 is 0 Å². The van der Waals surface area contributed by atoms with Gasteiger partial charge in [-0.15, -0.1) is 0 Å². The van der Waals surface area contributed by atoms with Crippen LogP contribution in [0.5, 0.6) is 0 Å². The number of carbonyl (C=O) groups is 4. The van der Waals surface area contributed by atoms with Gasteiger partial charge in [-0.25, -0.2) is 0 Å². The maximum atomic E-state index is 11.3. The third-order valence-corrected chi connectivity index (χ3v) is 2.09. The number of nitrogens with one attached hydrogen (secondary N) is 2. The van der Waals surface area contributed by atoms with Crippen molar-refractivity contribution < 1.29 is 19.2 Å². The zero-order valence-electron chi connectivity index (χ0n) is 7.94. The molecular formula is C10H6N2O4. The number of anilines is 2. The summed E-state index contributed by atoms with van der Waals surface area (Å²) in [5, 5.41) is 4.63. The second-order valence-corrected chi connectivity index (χ2v) is 3.15. The number of Topliss-reactive ketones (excluding diaryl/α,β-unsaturated/α-hetero) is 1. The lowest BCUT2D eigenvalue weighted by Crippen LogP contribution is -2.13. The third kappa shape index (κ3) is 1.56. The first-order valence-electron chi connectivity index (χ1n) is 4.37. The normalized spacial score (nSPS) is 13.0. The Bertz CT molecular complexity index is 522. The van der Waals surface area contributed by atoms with Crippen molar-refractivity contribution in [3.63, 3.8) is 0 Å². The van der Waals surface area contributed by atoms with Crippen molar-refractivity contribution in [2.24, 2.45) is 0 Å². The highest BCUT2D eigenvalue weighted by molar-refractivity contribution is 6.51. The van der Waals surface area contributed by atoms with Crippen molar-refractivity contribution in [1.29, 1.82) is 0 Å². The first kappa shape index (κ1) is 10.0. The molecule has 0 fully saturated rings. The minimum absolute atomic E-state index is 0.123. The minimum atomic E-state index is -0.815. The Kier molecular flexibility index (Phi) is 2.24. The summed E-state index contributed by atoms with van der Waals surface area (Å²) in [4.78, 5) is 43.2. The van der Waals surface area contributed by atoms with Crippen molar-refractivity contribution in [2.45, 2.75) is 0 Å². The average Bonchev–Trinajstić information content (AvgIpc) is 2.55. The van der Waals surface area contributed by atoms with E-state index in [0.29, 0.717) is 11.4 Å². The molecule has 0 saturated carbocycles. The van der Waals surface area contributed by atoms with E-state index in [1.807, 2.05) is 0 Å². The molecule has 6 nitrogen and oxygen atoms in total. The predicted octanol–water partition coefficient (Wildman–Crippen LogP) is -0.0412. The molecule has 6 heteroatoms. The van der Waals surface area contributed by atoms with Gasteiger partial charge in [0.2, 0.25) is 6.29 Å². The van der Waals surface area contributed by atoms with Crippen LogP contribution in [0.2, 0.25) is 0 Å². The zero-order valence-corrected chi connectivity index (χ0v) is 7.94. The van der Waals surface area contributed by atoms with Gasteiger partial charge in [0.1, 0.15) is 0 Å². The molecule has 0 saturated heterocycles. The fourth-order valence-electron chi connectivity index (χ4n) is 1.39. The molecule has 0 aromatic heterocycles. The molecule has 1 aliphatic heterocycles. The highest BCUT2D eigenvalue weighted by atomic mass is 16.2. The van der Waals surface area contributed by atoms with Crippen molar-refractivity contribution in [3.8, 4) is 0 Å². The number of hydrogen-bond acceptors (Lipinski definition) is 4. The fraction of sp³-hybridized carbons (Fsp3) is 0. The molecule has 0 radical (unpaired) electrons. The van der Waals surface area contributed by atoms with Crippen molar-refractivity contribution in [3.05, 3.63) is 23.8 Å². The number of ketones is 1. The highest BCUT2D eigenvalue weighted by Crippen LogP contribution is 2.25. The van der Waals surface area contributed by atoms with Gasteiger partial charge in [0, 0.05) is 5.69 Å². The molecule has 16 heavy (non-hydrogen) atoms. The van der Waals surface area contributed by atoms with Gasteiger partial charge in [0.15, 0.2) is 0 Å². The topological polar surface area (TPSA) is 92.3 Å². The van der Waals surface area contributed by atoms with Crippen LogP contribution in [0, 0.1) is 0 Å². The highest BCUT2D eigenvalue weighted by Gasteiger charge is 2.27. The zero-order chi connectivity index (χ0) is 11.7. The second kappa shape index (κ2) is 3.58. The summed E-state index contributed by atoms with van der Waals surface area (Å²) in [6.45, 7) is 0. The average molecular weight is 218 g/mol. The second-order valence-electron chi connectivity index (χ2n) is 3.15. The number of benzene rings is 1. The SMILES string of the molecule is O=CC(=O)Nc1ccc2c(c1)C(=O)C(=O)N2. The van der Waals surface area contributed by atoms with Gasteiger partial charge in [-0.05, 0) is 18.2 Å². The molecule has 2 N–H and O–H groups in total. The molecule has 1 aromatic rings. The van der Waals surface area contributed by atoms with Crippen LogP contribution in [0.1, 0.15) is 10.4 Å². The molecule has 0 atom stereocenters. The van der Waals surface area contributed by atoms with Crippen LogP contribution in [0.15, 0.2) is 18.2 Å². The van der Waals surface area contributed by atoms with Gasteiger partial charge in [-0.3, -0.25) is 19.2 Å². The molecule has 1 heterocycles. The molecular weight excluding hydrogens is 212 g/mol. The molecule has 1 aromatic carbocycles. The van der Waals surface area contributed by atoms with Gasteiger partial charge in [0.05, 0.1) is 11.3 Å². The van der Waals surface area contributed by atoms with Gasteiger partial charge in [-0.2, -0.15) is 0 Å². The Morgan fingerprint density at radius 3 is 2.75 bits per heavy atom. The molecule has 0 aliphatic carbocycles. The van der Waals surface area contributed by atoms with E-state index in [0.717, 1.165) is 0 Å². The van der Waals surface area contributed by atoms with Crippen LogP contribution in [0.3, 0.4) is 0 Å². The van der Waals surface area contributed by atoms with E-state index in [-0.39, 0.29) is 11.8 Å². The number of hydrogen-bond donors (Lipinski definition) is 2. The Morgan fingerprint density at radius 2 is 2.06 bits per heavy atom. The van der Waals surface area contributed by atoms with Gasteiger partial charge < -0.3 is 10.6 Å².